The first-order chi connectivity index (χ1) is 9.67. The van der Waals surface area contributed by atoms with Crippen molar-refractivity contribution in [1.82, 2.24) is 19.7 Å². The second kappa shape index (κ2) is 6.14. The van der Waals surface area contributed by atoms with Crippen molar-refractivity contribution in [1.29, 1.82) is 0 Å². The number of aromatic nitrogens is 4. The summed E-state index contributed by atoms with van der Waals surface area (Å²) in [6, 6.07) is 0. The molecule has 2 aromatic heterocycles. The van der Waals surface area contributed by atoms with Gasteiger partial charge in [-0.1, -0.05) is 13.3 Å². The Morgan fingerprint density at radius 1 is 1.40 bits per heavy atom. The second-order valence-electron chi connectivity index (χ2n) is 4.34. The van der Waals surface area contributed by atoms with Crippen molar-refractivity contribution >= 4 is 11.7 Å². The van der Waals surface area contributed by atoms with Gasteiger partial charge in [0, 0.05) is 18.3 Å². The summed E-state index contributed by atoms with van der Waals surface area (Å²) in [7, 11) is 0. The van der Waals surface area contributed by atoms with Crippen molar-refractivity contribution in [3.63, 3.8) is 0 Å². The van der Waals surface area contributed by atoms with Gasteiger partial charge in [-0.05, 0) is 13.3 Å². The predicted molar refractivity (Wildman–Crippen MR) is 75.8 cm³/mol. The lowest BCUT2D eigenvalue weighted by Crippen LogP contribution is -2.11. The van der Waals surface area contributed by atoms with Crippen molar-refractivity contribution in [3.05, 3.63) is 29.8 Å². The normalized spacial score (nSPS) is 10.5. The highest BCUT2D eigenvalue weighted by Gasteiger charge is 2.14. The fourth-order valence-electron chi connectivity index (χ4n) is 1.97. The zero-order chi connectivity index (χ0) is 14.5. The van der Waals surface area contributed by atoms with Gasteiger partial charge in [-0.25, -0.2) is 14.6 Å². The summed E-state index contributed by atoms with van der Waals surface area (Å²) in [5.74, 6) is 0.968. The summed E-state index contributed by atoms with van der Waals surface area (Å²) in [6.07, 6.45) is 6.29. The molecule has 0 unspecified atom stereocenters. The van der Waals surface area contributed by atoms with Crippen LogP contribution >= 0.6 is 0 Å². The molecule has 2 rings (SSSR count). The van der Waals surface area contributed by atoms with Crippen LogP contribution in [-0.4, -0.2) is 32.2 Å². The van der Waals surface area contributed by atoms with Crippen LogP contribution in [0.5, 0.6) is 0 Å². The first-order valence-electron chi connectivity index (χ1n) is 6.60. The first-order valence-corrected chi connectivity index (χ1v) is 6.60. The highest BCUT2D eigenvalue weighted by molar-refractivity contribution is 5.92. The second-order valence-corrected chi connectivity index (χ2v) is 4.34. The molecule has 0 atom stereocenters. The van der Waals surface area contributed by atoms with E-state index in [9.17, 15) is 4.79 Å². The van der Waals surface area contributed by atoms with Crippen LogP contribution in [0.4, 0.5) is 5.82 Å². The minimum Gasteiger partial charge on any atom is -0.370 e. The molecule has 0 bridgehead atoms. The Balaban J connectivity index is 2.48. The summed E-state index contributed by atoms with van der Waals surface area (Å²) in [5, 5.41) is 7.37. The van der Waals surface area contributed by atoms with Crippen molar-refractivity contribution in [3.8, 4) is 5.82 Å². The first kappa shape index (κ1) is 14.0. The minimum atomic E-state index is -0.505. The van der Waals surface area contributed by atoms with E-state index in [1.807, 2.05) is 6.92 Å². The summed E-state index contributed by atoms with van der Waals surface area (Å²) >= 11 is 0. The summed E-state index contributed by atoms with van der Waals surface area (Å²) in [4.78, 5) is 19.7. The SMILES string of the molecule is CCCc1c(NCC)ncnc1-n1cc(C(N)=O)cn1. The molecule has 7 heteroatoms. The van der Waals surface area contributed by atoms with Gasteiger partial charge in [0.15, 0.2) is 5.82 Å². The minimum absolute atomic E-state index is 0.357. The van der Waals surface area contributed by atoms with E-state index in [1.165, 1.54) is 12.5 Å². The quantitative estimate of drug-likeness (QED) is 0.823. The highest BCUT2D eigenvalue weighted by atomic mass is 16.1. The summed E-state index contributed by atoms with van der Waals surface area (Å²) < 4.78 is 1.56. The monoisotopic (exact) mass is 274 g/mol. The largest absolute Gasteiger partial charge is 0.370 e. The summed E-state index contributed by atoms with van der Waals surface area (Å²) in [5.41, 5.74) is 6.58. The van der Waals surface area contributed by atoms with Gasteiger partial charge in [-0.2, -0.15) is 5.10 Å². The molecule has 0 aliphatic rings. The number of anilines is 1. The predicted octanol–water partition coefficient (Wildman–Crippen LogP) is 1.15. The molecule has 0 saturated heterocycles. The highest BCUT2D eigenvalue weighted by Crippen LogP contribution is 2.20. The Hall–Kier alpha value is -2.44. The van der Waals surface area contributed by atoms with Crippen LogP contribution in [0.1, 0.15) is 36.2 Å². The number of hydrogen-bond acceptors (Lipinski definition) is 5. The Morgan fingerprint density at radius 3 is 2.80 bits per heavy atom. The van der Waals surface area contributed by atoms with Crippen LogP contribution in [0, 0.1) is 0 Å². The van der Waals surface area contributed by atoms with E-state index in [1.54, 1.807) is 10.9 Å². The summed E-state index contributed by atoms with van der Waals surface area (Å²) in [6.45, 7) is 4.87. The Kier molecular flexibility index (Phi) is 4.29. The third-order valence-corrected chi connectivity index (χ3v) is 2.85. The van der Waals surface area contributed by atoms with E-state index >= 15 is 0 Å². The lowest BCUT2D eigenvalue weighted by molar-refractivity contribution is 0.100. The smallest absolute Gasteiger partial charge is 0.251 e. The Morgan fingerprint density at radius 2 is 2.20 bits per heavy atom. The number of primary amides is 1. The van der Waals surface area contributed by atoms with Gasteiger partial charge in [0.05, 0.1) is 11.8 Å². The number of rotatable bonds is 6. The standard InChI is InChI=1S/C13H18N6O/c1-3-5-10-12(15-4-2)16-8-17-13(10)19-7-9(6-18-19)11(14)20/h6-8H,3-5H2,1-2H3,(H2,14,20)(H,15,16,17). The van der Waals surface area contributed by atoms with Gasteiger partial charge in [0.1, 0.15) is 12.1 Å². The Labute approximate surface area is 117 Å². The molecule has 2 heterocycles. The van der Waals surface area contributed by atoms with Crippen molar-refractivity contribution in [2.45, 2.75) is 26.7 Å². The number of nitrogens with two attached hydrogens (primary N) is 1. The molecule has 0 spiro atoms. The number of carbonyl (C=O) groups is 1. The number of nitrogens with one attached hydrogen (secondary N) is 1. The molecule has 1 amide bonds. The third kappa shape index (κ3) is 2.76. The number of hydrogen-bond donors (Lipinski definition) is 2. The molecule has 0 aliphatic heterocycles. The Bertz CT molecular complexity index is 607. The molecule has 0 saturated carbocycles. The molecule has 3 N–H and O–H groups in total. The van der Waals surface area contributed by atoms with Gasteiger partial charge in [-0.3, -0.25) is 4.79 Å². The van der Waals surface area contributed by atoms with Crippen LogP contribution in [-0.2, 0) is 6.42 Å². The average molecular weight is 274 g/mol. The molecule has 20 heavy (non-hydrogen) atoms. The van der Waals surface area contributed by atoms with Crippen molar-refractivity contribution < 1.29 is 4.79 Å². The lowest BCUT2D eigenvalue weighted by Gasteiger charge is -2.12. The third-order valence-electron chi connectivity index (χ3n) is 2.85. The van der Waals surface area contributed by atoms with Gasteiger partial charge >= 0.3 is 0 Å². The fourth-order valence-corrected chi connectivity index (χ4v) is 1.97. The van der Waals surface area contributed by atoms with Crippen molar-refractivity contribution in [2.24, 2.45) is 5.73 Å². The number of amides is 1. The molecule has 2 aromatic rings. The molecule has 106 valence electrons. The van der Waals surface area contributed by atoms with Crippen LogP contribution in [0.2, 0.25) is 0 Å². The maximum absolute atomic E-state index is 11.1. The lowest BCUT2D eigenvalue weighted by atomic mass is 10.1. The molecule has 0 aromatic carbocycles. The maximum atomic E-state index is 11.1. The zero-order valence-corrected chi connectivity index (χ0v) is 11.6. The van der Waals surface area contributed by atoms with Crippen molar-refractivity contribution in [2.75, 3.05) is 11.9 Å². The topological polar surface area (TPSA) is 98.7 Å². The van der Waals surface area contributed by atoms with E-state index in [0.29, 0.717) is 11.4 Å². The van der Waals surface area contributed by atoms with Gasteiger partial charge in [0.2, 0.25) is 0 Å². The van der Waals surface area contributed by atoms with E-state index in [2.05, 4.69) is 27.3 Å². The van der Waals surface area contributed by atoms with E-state index in [4.69, 9.17) is 5.73 Å². The molecular formula is C13H18N6O. The molecule has 0 fully saturated rings. The fraction of sp³-hybridized carbons (Fsp3) is 0.385. The van der Waals surface area contributed by atoms with E-state index in [0.717, 1.165) is 30.8 Å². The number of nitrogens with zero attached hydrogens (tertiary/aromatic N) is 4. The van der Waals surface area contributed by atoms with Crippen LogP contribution in [0.25, 0.3) is 5.82 Å². The molecule has 0 radical (unpaired) electrons. The number of carbonyl (C=O) groups excluding carboxylic acids is 1. The molecule has 0 aliphatic carbocycles. The maximum Gasteiger partial charge on any atom is 0.251 e. The van der Waals surface area contributed by atoms with Gasteiger partial charge in [-0.15, -0.1) is 0 Å². The van der Waals surface area contributed by atoms with Gasteiger partial charge < -0.3 is 11.1 Å². The van der Waals surface area contributed by atoms with Gasteiger partial charge in [0.25, 0.3) is 5.91 Å². The zero-order valence-electron chi connectivity index (χ0n) is 11.6. The van der Waals surface area contributed by atoms with Crippen LogP contribution in [0.15, 0.2) is 18.7 Å². The molecular weight excluding hydrogens is 256 g/mol. The average Bonchev–Trinajstić information content (AvgIpc) is 2.91. The van der Waals surface area contributed by atoms with E-state index in [-0.39, 0.29) is 0 Å². The molecule has 7 nitrogen and oxygen atoms in total. The van der Waals surface area contributed by atoms with Crippen LogP contribution in [0.3, 0.4) is 0 Å². The van der Waals surface area contributed by atoms with E-state index < -0.39 is 5.91 Å². The van der Waals surface area contributed by atoms with Crippen LogP contribution < -0.4 is 11.1 Å².